The van der Waals surface area contributed by atoms with E-state index in [2.05, 4.69) is 45.8 Å². The molecule has 0 unspecified atom stereocenters. The number of Topliss-reactive ketones (excluding diaryl/α,β-unsaturated/α-hetero) is 1. The highest BCUT2D eigenvalue weighted by molar-refractivity contribution is 6.48. The summed E-state index contributed by atoms with van der Waals surface area (Å²) in [4.78, 5) is 36.4. The molecule has 7 heteroatoms. The quantitative estimate of drug-likeness (QED) is 0.206. The van der Waals surface area contributed by atoms with E-state index in [0.29, 0.717) is 6.61 Å². The van der Waals surface area contributed by atoms with Crippen molar-refractivity contribution in [2.75, 3.05) is 13.2 Å². The van der Waals surface area contributed by atoms with Crippen molar-refractivity contribution in [2.45, 2.75) is 53.3 Å². The van der Waals surface area contributed by atoms with Crippen molar-refractivity contribution in [1.29, 1.82) is 0 Å². The van der Waals surface area contributed by atoms with Crippen molar-refractivity contribution in [3.05, 3.63) is 12.7 Å². The molecule has 0 aromatic carbocycles. The van der Waals surface area contributed by atoms with Crippen LogP contribution in [0, 0.1) is 23.2 Å². The van der Waals surface area contributed by atoms with E-state index in [4.69, 9.17) is 9.16 Å². The maximum atomic E-state index is 12.4. The Kier molecular flexibility index (Phi) is 8.21. The van der Waals surface area contributed by atoms with Crippen molar-refractivity contribution in [2.24, 2.45) is 23.2 Å². The molecule has 1 saturated heterocycles. The molecule has 0 aromatic heterocycles. The highest BCUT2D eigenvalue weighted by Gasteiger charge is 2.51. The second-order valence-electron chi connectivity index (χ2n) is 8.16. The highest BCUT2D eigenvalue weighted by Crippen LogP contribution is 2.40. The molecular formula is C19H32NO5Si. The lowest BCUT2D eigenvalue weighted by molar-refractivity contribution is -0.149. The van der Waals surface area contributed by atoms with Crippen LogP contribution in [0.3, 0.4) is 0 Å². The van der Waals surface area contributed by atoms with E-state index in [0.717, 1.165) is 0 Å². The molecule has 1 amide bonds. The molecular weight excluding hydrogens is 350 g/mol. The number of carbonyl (C=O) groups excluding carboxylic acids is 3. The molecule has 6 nitrogen and oxygen atoms in total. The van der Waals surface area contributed by atoms with Gasteiger partial charge in [0.25, 0.3) is 0 Å². The highest BCUT2D eigenvalue weighted by atomic mass is 28.3. The number of hydrogen-bond donors (Lipinski definition) is 1. The number of esters is 1. The first-order chi connectivity index (χ1) is 12.0. The lowest BCUT2D eigenvalue weighted by Crippen LogP contribution is -2.66. The number of ether oxygens (including phenoxy) is 1. The van der Waals surface area contributed by atoms with Gasteiger partial charge in [-0.05, 0) is 24.4 Å². The fourth-order valence-electron chi connectivity index (χ4n) is 3.14. The van der Waals surface area contributed by atoms with Crippen LogP contribution < -0.4 is 5.32 Å². The molecule has 1 aliphatic heterocycles. The third-order valence-corrected chi connectivity index (χ3v) is 5.57. The smallest absolute Gasteiger partial charge is 0.313 e. The van der Waals surface area contributed by atoms with Gasteiger partial charge in [-0.2, -0.15) is 0 Å². The van der Waals surface area contributed by atoms with E-state index in [9.17, 15) is 14.4 Å². The van der Waals surface area contributed by atoms with Crippen molar-refractivity contribution in [3.63, 3.8) is 0 Å². The van der Waals surface area contributed by atoms with Gasteiger partial charge in [0.05, 0.1) is 12.0 Å². The second kappa shape index (κ2) is 9.46. The minimum atomic E-state index is -0.869. The van der Waals surface area contributed by atoms with E-state index in [1.54, 1.807) is 6.92 Å². The molecule has 1 N–H and O–H groups in total. The Bertz CT molecular complexity index is 541. The Morgan fingerprint density at radius 2 is 1.96 bits per heavy atom. The molecule has 1 radical (unpaired) electrons. The summed E-state index contributed by atoms with van der Waals surface area (Å²) < 4.78 is 10.8. The Hall–Kier alpha value is -1.47. The van der Waals surface area contributed by atoms with Crippen LogP contribution in [0.15, 0.2) is 12.7 Å². The predicted octanol–water partition coefficient (Wildman–Crippen LogP) is 2.36. The number of hydrogen-bond acceptors (Lipinski definition) is 5. The third kappa shape index (κ3) is 6.05. The van der Waals surface area contributed by atoms with Crippen LogP contribution in [0.2, 0.25) is 13.1 Å². The number of amides is 1. The maximum absolute atomic E-state index is 12.4. The van der Waals surface area contributed by atoms with Crippen LogP contribution in [0.25, 0.3) is 0 Å². The van der Waals surface area contributed by atoms with Gasteiger partial charge in [-0.1, -0.05) is 40.3 Å². The van der Waals surface area contributed by atoms with Crippen LogP contribution in [-0.4, -0.2) is 46.0 Å². The van der Waals surface area contributed by atoms with Crippen LogP contribution in [-0.2, 0) is 23.5 Å². The average molecular weight is 383 g/mol. The Morgan fingerprint density at radius 3 is 2.42 bits per heavy atom. The van der Waals surface area contributed by atoms with Gasteiger partial charge in [0.1, 0.15) is 18.8 Å². The van der Waals surface area contributed by atoms with Gasteiger partial charge in [-0.25, -0.2) is 0 Å². The van der Waals surface area contributed by atoms with Crippen molar-refractivity contribution < 1.29 is 23.5 Å². The normalized spacial score (nSPS) is 22.2. The molecule has 0 aliphatic carbocycles. The number of ketones is 1. The van der Waals surface area contributed by atoms with Crippen LogP contribution in [0.5, 0.6) is 0 Å². The summed E-state index contributed by atoms with van der Waals surface area (Å²) in [5.41, 5.74) is -0.135. The fraction of sp³-hybridized carbons (Fsp3) is 0.737. The lowest BCUT2D eigenvalue weighted by Gasteiger charge is -2.48. The molecule has 0 bridgehead atoms. The minimum Gasteiger partial charge on any atom is -0.461 e. The van der Waals surface area contributed by atoms with Crippen molar-refractivity contribution in [1.82, 2.24) is 5.32 Å². The molecule has 1 rings (SSSR count). The molecule has 0 spiro atoms. The summed E-state index contributed by atoms with van der Waals surface area (Å²) in [7, 11) is -0.869. The first-order valence-electron chi connectivity index (χ1n) is 9.01. The molecule has 1 fully saturated rings. The summed E-state index contributed by atoms with van der Waals surface area (Å²) in [6, 6.07) is -0.278. The number of nitrogens with one attached hydrogen (secondary N) is 1. The molecule has 26 heavy (non-hydrogen) atoms. The van der Waals surface area contributed by atoms with Crippen LogP contribution in [0.1, 0.15) is 34.1 Å². The van der Waals surface area contributed by atoms with Crippen LogP contribution in [0.4, 0.5) is 0 Å². The third-order valence-electron chi connectivity index (χ3n) is 4.82. The zero-order valence-corrected chi connectivity index (χ0v) is 17.8. The zero-order valence-electron chi connectivity index (χ0n) is 16.8. The predicted molar refractivity (Wildman–Crippen MR) is 102 cm³/mol. The van der Waals surface area contributed by atoms with Gasteiger partial charge in [-0.15, -0.1) is 0 Å². The van der Waals surface area contributed by atoms with Crippen molar-refractivity contribution in [3.8, 4) is 0 Å². The van der Waals surface area contributed by atoms with E-state index in [1.165, 1.54) is 6.08 Å². The molecule has 1 aliphatic rings. The maximum Gasteiger partial charge on any atom is 0.313 e. The Balaban J connectivity index is 2.81. The first-order valence-corrected chi connectivity index (χ1v) is 11.4. The van der Waals surface area contributed by atoms with E-state index >= 15 is 0 Å². The zero-order chi connectivity index (χ0) is 20.1. The molecule has 1 heterocycles. The van der Waals surface area contributed by atoms with Gasteiger partial charge >= 0.3 is 5.97 Å². The minimum absolute atomic E-state index is 0.00381. The van der Waals surface area contributed by atoms with Crippen LogP contribution >= 0.6 is 0 Å². The largest absolute Gasteiger partial charge is 0.461 e. The fourth-order valence-corrected chi connectivity index (χ4v) is 3.65. The van der Waals surface area contributed by atoms with E-state index in [-0.39, 0.29) is 48.0 Å². The standard InChI is InChI=1S/C19H32NO5Si/c1-8-9-24-15(22)10-14(21)12(2)17-16(18(23)20-17)13(19(3,4)5)11-25-26(6)7/h8,12-13,16-17H,1,9-11H2,2-7H3,(H,20,23)/t12-,13+,16-,17+/m0/s1. The first kappa shape index (κ1) is 22.6. The Morgan fingerprint density at radius 1 is 1.35 bits per heavy atom. The van der Waals surface area contributed by atoms with Gasteiger partial charge in [0.15, 0.2) is 0 Å². The van der Waals surface area contributed by atoms with Gasteiger partial charge < -0.3 is 14.5 Å². The lowest BCUT2D eigenvalue weighted by atomic mass is 9.64. The summed E-state index contributed by atoms with van der Waals surface area (Å²) in [5, 5.41) is 2.85. The average Bonchev–Trinajstić information content (AvgIpc) is 2.52. The van der Waals surface area contributed by atoms with Gasteiger partial charge in [-0.3, -0.25) is 14.4 Å². The molecule has 0 saturated carbocycles. The van der Waals surface area contributed by atoms with Gasteiger partial charge in [0, 0.05) is 12.5 Å². The summed E-state index contributed by atoms with van der Waals surface area (Å²) in [5.74, 6) is -1.58. The second-order valence-corrected chi connectivity index (χ2v) is 10.3. The topological polar surface area (TPSA) is 81.7 Å². The van der Waals surface area contributed by atoms with Crippen molar-refractivity contribution >= 4 is 26.7 Å². The van der Waals surface area contributed by atoms with E-state index < -0.39 is 20.9 Å². The van der Waals surface area contributed by atoms with E-state index in [1.807, 2.05) is 0 Å². The number of β-lactam (4-membered cyclic amide) rings is 1. The number of rotatable bonds is 10. The van der Waals surface area contributed by atoms with Gasteiger partial charge in [0.2, 0.25) is 14.9 Å². The SMILES string of the molecule is C=CCOC(=O)CC(=O)[C@H](C)[C@H]1NC(=O)[C@H]1[C@@H](CO[Si](C)C)C(C)(C)C. The Labute approximate surface area is 158 Å². The summed E-state index contributed by atoms with van der Waals surface area (Å²) in [6.07, 6.45) is 1.17. The summed E-state index contributed by atoms with van der Waals surface area (Å²) >= 11 is 0. The molecule has 147 valence electrons. The monoisotopic (exact) mass is 382 g/mol. The molecule has 0 aromatic rings. The molecule has 4 atom stereocenters. The number of carbonyl (C=O) groups is 3. The summed E-state index contributed by atoms with van der Waals surface area (Å²) in [6.45, 7) is 16.2.